The first-order valence-corrected chi connectivity index (χ1v) is 6.41. The van der Waals surface area contributed by atoms with E-state index in [9.17, 15) is 4.79 Å². The van der Waals surface area contributed by atoms with E-state index in [0.717, 1.165) is 0 Å². The van der Waals surface area contributed by atoms with Gasteiger partial charge in [0.1, 0.15) is 0 Å². The van der Waals surface area contributed by atoms with Crippen LogP contribution < -0.4 is 10.6 Å². The van der Waals surface area contributed by atoms with E-state index >= 15 is 0 Å². The second-order valence-corrected chi connectivity index (χ2v) is 4.43. The van der Waals surface area contributed by atoms with Crippen molar-refractivity contribution in [2.75, 3.05) is 37.0 Å². The number of aromatic nitrogens is 1. The van der Waals surface area contributed by atoms with Crippen molar-refractivity contribution in [2.24, 2.45) is 0 Å². The van der Waals surface area contributed by atoms with Crippen LogP contribution in [0.4, 0.5) is 11.5 Å². The number of carbonyl (C=O) groups excluding carboxylic acids is 1. The Bertz CT molecular complexity index is 464. The Balaban J connectivity index is 2.31. The van der Waals surface area contributed by atoms with Gasteiger partial charge in [0, 0.05) is 12.7 Å². The molecule has 1 unspecified atom stereocenters. The number of morpholine rings is 1. The molecule has 0 spiro atoms. The highest BCUT2D eigenvalue weighted by Gasteiger charge is 2.24. The summed E-state index contributed by atoms with van der Waals surface area (Å²) in [5.74, 6) is 0.214. The van der Waals surface area contributed by atoms with Gasteiger partial charge in [0.15, 0.2) is 5.82 Å². The number of nitrogens with zero attached hydrogens (tertiary/aromatic N) is 2. The van der Waals surface area contributed by atoms with E-state index in [0.29, 0.717) is 43.4 Å². The molecule has 1 aliphatic heterocycles. The van der Waals surface area contributed by atoms with Crippen molar-refractivity contribution in [2.45, 2.75) is 19.9 Å². The second-order valence-electron chi connectivity index (χ2n) is 4.43. The van der Waals surface area contributed by atoms with E-state index in [1.54, 1.807) is 19.2 Å². The summed E-state index contributed by atoms with van der Waals surface area (Å²) in [5, 5.41) is 0. The highest BCUT2D eigenvalue weighted by atomic mass is 16.5. The van der Waals surface area contributed by atoms with Gasteiger partial charge in [0.25, 0.3) is 0 Å². The molecule has 1 saturated heterocycles. The maximum atomic E-state index is 11.8. The average Bonchev–Trinajstić information content (AvgIpc) is 2.40. The minimum Gasteiger partial charge on any atom is -0.462 e. The number of carbonyl (C=O) groups is 1. The molecule has 104 valence electrons. The summed E-state index contributed by atoms with van der Waals surface area (Å²) < 4.78 is 10.4. The normalized spacial score (nSPS) is 19.3. The molecule has 1 aliphatic rings. The summed E-state index contributed by atoms with van der Waals surface area (Å²) in [6.07, 6.45) is 1.58. The lowest BCUT2D eigenvalue weighted by Gasteiger charge is -2.35. The smallest absolute Gasteiger partial charge is 0.340 e. The number of ether oxygens (including phenoxy) is 2. The van der Waals surface area contributed by atoms with Gasteiger partial charge < -0.3 is 20.1 Å². The molecule has 1 aromatic rings. The number of nitrogen functional groups attached to an aromatic ring is 1. The first-order chi connectivity index (χ1) is 9.15. The fraction of sp³-hybridized carbons (Fsp3) is 0.538. The van der Waals surface area contributed by atoms with E-state index in [1.807, 2.05) is 6.92 Å². The number of pyridine rings is 1. The maximum absolute atomic E-state index is 11.8. The Kier molecular flexibility index (Phi) is 4.21. The molecule has 0 aromatic carbocycles. The molecule has 1 fully saturated rings. The molecule has 1 atom stereocenters. The van der Waals surface area contributed by atoms with Crippen molar-refractivity contribution < 1.29 is 14.3 Å². The quantitative estimate of drug-likeness (QED) is 0.824. The van der Waals surface area contributed by atoms with Crippen LogP contribution in [-0.4, -0.2) is 43.4 Å². The molecule has 0 saturated carbocycles. The number of rotatable bonds is 3. The topological polar surface area (TPSA) is 77.7 Å². The zero-order valence-corrected chi connectivity index (χ0v) is 11.3. The fourth-order valence-electron chi connectivity index (χ4n) is 2.12. The van der Waals surface area contributed by atoms with Gasteiger partial charge in [0.05, 0.1) is 37.1 Å². The standard InChI is InChI=1S/C13H19N3O3/c1-3-19-13(17)10-4-5-15-12(11(10)14)16-6-7-18-8-9(16)2/h4-5,9H,3,6-8,14H2,1-2H3. The van der Waals surface area contributed by atoms with Crippen LogP contribution in [0.5, 0.6) is 0 Å². The Labute approximate surface area is 112 Å². The summed E-state index contributed by atoms with van der Waals surface area (Å²) in [6.45, 7) is 6.10. The number of hydrogen-bond acceptors (Lipinski definition) is 6. The monoisotopic (exact) mass is 265 g/mol. The first-order valence-electron chi connectivity index (χ1n) is 6.41. The van der Waals surface area contributed by atoms with Crippen LogP contribution in [0.15, 0.2) is 12.3 Å². The van der Waals surface area contributed by atoms with E-state index in [-0.39, 0.29) is 6.04 Å². The molecular weight excluding hydrogens is 246 g/mol. The summed E-state index contributed by atoms with van der Waals surface area (Å²) in [6, 6.07) is 1.77. The van der Waals surface area contributed by atoms with Crippen LogP contribution >= 0.6 is 0 Å². The van der Waals surface area contributed by atoms with E-state index in [2.05, 4.69) is 9.88 Å². The van der Waals surface area contributed by atoms with E-state index < -0.39 is 5.97 Å². The largest absolute Gasteiger partial charge is 0.462 e. The molecule has 2 heterocycles. The van der Waals surface area contributed by atoms with Crippen LogP contribution in [0.2, 0.25) is 0 Å². The number of hydrogen-bond donors (Lipinski definition) is 1. The van der Waals surface area contributed by atoms with Gasteiger partial charge in [0.2, 0.25) is 0 Å². The predicted molar refractivity (Wildman–Crippen MR) is 72.2 cm³/mol. The first kappa shape index (κ1) is 13.6. The number of esters is 1. The van der Waals surface area contributed by atoms with Gasteiger partial charge in [-0.25, -0.2) is 9.78 Å². The number of anilines is 2. The van der Waals surface area contributed by atoms with Gasteiger partial charge >= 0.3 is 5.97 Å². The highest BCUT2D eigenvalue weighted by molar-refractivity contribution is 5.97. The van der Waals surface area contributed by atoms with Crippen molar-refractivity contribution in [3.05, 3.63) is 17.8 Å². The van der Waals surface area contributed by atoms with Crippen LogP contribution in [0.3, 0.4) is 0 Å². The fourth-order valence-corrected chi connectivity index (χ4v) is 2.12. The van der Waals surface area contributed by atoms with Crippen molar-refractivity contribution in [3.8, 4) is 0 Å². The van der Waals surface area contributed by atoms with Crippen LogP contribution in [-0.2, 0) is 9.47 Å². The van der Waals surface area contributed by atoms with Crippen molar-refractivity contribution in [3.63, 3.8) is 0 Å². The summed E-state index contributed by atoms with van der Waals surface area (Å²) in [7, 11) is 0. The summed E-state index contributed by atoms with van der Waals surface area (Å²) >= 11 is 0. The zero-order chi connectivity index (χ0) is 13.8. The molecule has 2 N–H and O–H groups in total. The molecule has 0 radical (unpaired) electrons. The van der Waals surface area contributed by atoms with Gasteiger partial charge in [-0.05, 0) is 19.9 Å². The van der Waals surface area contributed by atoms with Crippen LogP contribution in [0, 0.1) is 0 Å². The Morgan fingerprint density at radius 3 is 3.16 bits per heavy atom. The molecule has 1 aromatic heterocycles. The minimum atomic E-state index is -0.412. The second kappa shape index (κ2) is 5.88. The molecule has 6 nitrogen and oxygen atoms in total. The molecule has 0 aliphatic carbocycles. The molecule has 2 rings (SSSR count). The van der Waals surface area contributed by atoms with Crippen LogP contribution in [0.25, 0.3) is 0 Å². The lowest BCUT2D eigenvalue weighted by molar-refractivity contribution is 0.0527. The third-order valence-electron chi connectivity index (χ3n) is 3.10. The van der Waals surface area contributed by atoms with Crippen molar-refractivity contribution in [1.82, 2.24) is 4.98 Å². The Morgan fingerprint density at radius 1 is 1.68 bits per heavy atom. The molecule has 0 bridgehead atoms. The zero-order valence-electron chi connectivity index (χ0n) is 11.3. The third kappa shape index (κ3) is 2.78. The van der Waals surface area contributed by atoms with Gasteiger partial charge in [-0.2, -0.15) is 0 Å². The van der Waals surface area contributed by atoms with Crippen LogP contribution in [0.1, 0.15) is 24.2 Å². The lowest BCUT2D eigenvalue weighted by atomic mass is 10.2. The minimum absolute atomic E-state index is 0.181. The molecular formula is C13H19N3O3. The van der Waals surface area contributed by atoms with E-state index in [1.165, 1.54) is 0 Å². The SMILES string of the molecule is CCOC(=O)c1ccnc(N2CCOCC2C)c1N. The summed E-state index contributed by atoms with van der Waals surface area (Å²) in [4.78, 5) is 18.2. The molecule has 6 heteroatoms. The highest BCUT2D eigenvalue weighted by Crippen LogP contribution is 2.27. The molecule has 19 heavy (non-hydrogen) atoms. The third-order valence-corrected chi connectivity index (χ3v) is 3.10. The maximum Gasteiger partial charge on any atom is 0.340 e. The predicted octanol–water partition coefficient (Wildman–Crippen LogP) is 1.07. The Hall–Kier alpha value is -1.82. The van der Waals surface area contributed by atoms with Gasteiger partial charge in [-0.1, -0.05) is 0 Å². The van der Waals surface area contributed by atoms with E-state index in [4.69, 9.17) is 15.2 Å². The Morgan fingerprint density at radius 2 is 2.47 bits per heavy atom. The lowest BCUT2D eigenvalue weighted by Crippen LogP contribution is -2.44. The van der Waals surface area contributed by atoms with Gasteiger partial charge in [-0.3, -0.25) is 0 Å². The van der Waals surface area contributed by atoms with Crippen molar-refractivity contribution in [1.29, 1.82) is 0 Å². The average molecular weight is 265 g/mol. The van der Waals surface area contributed by atoms with Crippen molar-refractivity contribution >= 4 is 17.5 Å². The van der Waals surface area contributed by atoms with Gasteiger partial charge in [-0.15, -0.1) is 0 Å². The number of nitrogens with two attached hydrogens (primary N) is 1. The molecule has 0 amide bonds. The summed E-state index contributed by atoms with van der Waals surface area (Å²) in [5.41, 5.74) is 6.80.